The highest BCUT2D eigenvalue weighted by Gasteiger charge is 2.15. The normalized spacial score (nSPS) is 17.1. The molecule has 0 aromatic carbocycles. The first-order valence-electron chi connectivity index (χ1n) is 4.71. The zero-order chi connectivity index (χ0) is 11.1. The van der Waals surface area contributed by atoms with Crippen LogP contribution in [0.2, 0.25) is 0 Å². The molecule has 0 heterocycles. The van der Waals surface area contributed by atoms with Crippen molar-refractivity contribution in [1.82, 2.24) is 5.32 Å². The Bertz CT molecular complexity index is 208. The molecule has 0 saturated heterocycles. The first-order chi connectivity index (χ1) is 6.49. The van der Waals surface area contributed by atoms with Crippen LogP contribution in [0.5, 0.6) is 0 Å². The molecular formula is C9H19NO3S. The van der Waals surface area contributed by atoms with Gasteiger partial charge in [0.05, 0.1) is 6.61 Å². The number of hydrogen-bond donors (Lipinski definition) is 1. The van der Waals surface area contributed by atoms with E-state index in [4.69, 9.17) is 4.74 Å². The Morgan fingerprint density at radius 2 is 2.07 bits per heavy atom. The van der Waals surface area contributed by atoms with Crippen molar-refractivity contribution in [2.24, 2.45) is 0 Å². The van der Waals surface area contributed by atoms with Crippen LogP contribution in [0.1, 0.15) is 20.8 Å². The summed E-state index contributed by atoms with van der Waals surface area (Å²) < 4.78 is 15.8. The third kappa shape index (κ3) is 5.34. The summed E-state index contributed by atoms with van der Waals surface area (Å²) >= 11 is 0. The SMILES string of the molecule is CCOC(=O)C(C)NCC(C)S(C)=O. The molecule has 84 valence electrons. The molecule has 0 bridgehead atoms. The Morgan fingerprint density at radius 1 is 1.50 bits per heavy atom. The van der Waals surface area contributed by atoms with Gasteiger partial charge in [0.2, 0.25) is 0 Å². The molecule has 0 amide bonds. The zero-order valence-electron chi connectivity index (χ0n) is 9.20. The second-order valence-electron chi connectivity index (χ2n) is 3.19. The summed E-state index contributed by atoms with van der Waals surface area (Å²) in [6.45, 7) is 6.34. The lowest BCUT2D eigenvalue weighted by atomic mass is 10.3. The van der Waals surface area contributed by atoms with Crippen LogP contribution in [0.3, 0.4) is 0 Å². The molecule has 14 heavy (non-hydrogen) atoms. The molecule has 4 nitrogen and oxygen atoms in total. The second-order valence-corrected chi connectivity index (χ2v) is 4.99. The summed E-state index contributed by atoms with van der Waals surface area (Å²) in [5.74, 6) is -0.262. The predicted molar refractivity (Wildman–Crippen MR) is 57.6 cm³/mol. The van der Waals surface area contributed by atoms with Crippen molar-refractivity contribution in [2.45, 2.75) is 32.1 Å². The number of esters is 1. The lowest BCUT2D eigenvalue weighted by Crippen LogP contribution is -2.40. The largest absolute Gasteiger partial charge is 0.465 e. The van der Waals surface area contributed by atoms with Gasteiger partial charge in [0.25, 0.3) is 0 Å². The van der Waals surface area contributed by atoms with Crippen molar-refractivity contribution in [2.75, 3.05) is 19.4 Å². The van der Waals surface area contributed by atoms with Crippen molar-refractivity contribution < 1.29 is 13.7 Å². The average Bonchev–Trinajstić information content (AvgIpc) is 2.13. The third-order valence-electron chi connectivity index (χ3n) is 1.92. The standard InChI is InChI=1S/C9H19NO3S/c1-5-13-9(11)8(3)10-6-7(2)14(4)12/h7-8,10H,5-6H2,1-4H3. The molecule has 0 saturated carbocycles. The van der Waals surface area contributed by atoms with Crippen LogP contribution in [0.25, 0.3) is 0 Å². The summed E-state index contributed by atoms with van der Waals surface area (Å²) in [5.41, 5.74) is 0. The van der Waals surface area contributed by atoms with Crippen molar-refractivity contribution in [3.05, 3.63) is 0 Å². The maximum absolute atomic E-state index is 11.2. The fourth-order valence-electron chi connectivity index (χ4n) is 0.811. The molecule has 0 radical (unpaired) electrons. The summed E-state index contributed by atoms with van der Waals surface area (Å²) in [7, 11) is -0.858. The van der Waals surface area contributed by atoms with Crippen LogP contribution in [0.15, 0.2) is 0 Å². The van der Waals surface area contributed by atoms with E-state index in [2.05, 4.69) is 5.32 Å². The zero-order valence-corrected chi connectivity index (χ0v) is 10.0. The number of rotatable bonds is 6. The monoisotopic (exact) mass is 221 g/mol. The number of carbonyl (C=O) groups excluding carboxylic acids is 1. The van der Waals surface area contributed by atoms with E-state index in [9.17, 15) is 9.00 Å². The van der Waals surface area contributed by atoms with Crippen LogP contribution in [0, 0.1) is 0 Å². The van der Waals surface area contributed by atoms with E-state index in [1.165, 1.54) is 0 Å². The molecule has 3 unspecified atom stereocenters. The number of hydrogen-bond acceptors (Lipinski definition) is 4. The van der Waals surface area contributed by atoms with E-state index in [0.717, 1.165) is 0 Å². The highest BCUT2D eigenvalue weighted by Crippen LogP contribution is 1.93. The van der Waals surface area contributed by atoms with E-state index in [0.29, 0.717) is 13.2 Å². The fourth-order valence-corrected chi connectivity index (χ4v) is 1.14. The molecule has 0 aliphatic carbocycles. The van der Waals surface area contributed by atoms with Crippen molar-refractivity contribution >= 4 is 16.8 Å². The van der Waals surface area contributed by atoms with Gasteiger partial charge in [-0.1, -0.05) is 0 Å². The maximum atomic E-state index is 11.2. The van der Waals surface area contributed by atoms with Crippen molar-refractivity contribution in [3.8, 4) is 0 Å². The molecule has 5 heteroatoms. The first kappa shape index (κ1) is 13.6. The van der Waals surface area contributed by atoms with Crippen LogP contribution in [-0.4, -0.2) is 40.9 Å². The van der Waals surface area contributed by atoms with E-state index in [1.807, 2.05) is 6.92 Å². The minimum absolute atomic E-state index is 0.0480. The maximum Gasteiger partial charge on any atom is 0.322 e. The summed E-state index contributed by atoms with van der Waals surface area (Å²) in [6.07, 6.45) is 1.65. The summed E-state index contributed by atoms with van der Waals surface area (Å²) in [6, 6.07) is -0.332. The molecule has 1 N–H and O–H groups in total. The Hall–Kier alpha value is -0.420. The van der Waals surface area contributed by atoms with Crippen molar-refractivity contribution in [1.29, 1.82) is 0 Å². The molecular weight excluding hydrogens is 202 g/mol. The molecule has 0 aromatic heterocycles. The molecule has 0 fully saturated rings. The van der Waals surface area contributed by atoms with Gasteiger partial charge in [-0.15, -0.1) is 0 Å². The molecule has 0 rings (SSSR count). The van der Waals surface area contributed by atoms with Gasteiger partial charge < -0.3 is 10.1 Å². The average molecular weight is 221 g/mol. The minimum atomic E-state index is -0.858. The van der Waals surface area contributed by atoms with Crippen LogP contribution in [-0.2, 0) is 20.3 Å². The molecule has 3 atom stereocenters. The lowest BCUT2D eigenvalue weighted by Gasteiger charge is -2.14. The van der Waals surface area contributed by atoms with E-state index in [1.54, 1.807) is 20.1 Å². The van der Waals surface area contributed by atoms with Gasteiger partial charge in [-0.25, -0.2) is 0 Å². The molecule has 0 spiro atoms. The quantitative estimate of drug-likeness (QED) is 0.655. The summed E-state index contributed by atoms with van der Waals surface area (Å²) in [5, 5.41) is 3.03. The Balaban J connectivity index is 3.78. The highest BCUT2D eigenvalue weighted by atomic mass is 32.2. The number of nitrogens with one attached hydrogen (secondary N) is 1. The smallest absolute Gasteiger partial charge is 0.322 e. The van der Waals surface area contributed by atoms with E-state index < -0.39 is 10.8 Å². The van der Waals surface area contributed by atoms with Gasteiger partial charge in [-0.2, -0.15) is 0 Å². The Kier molecular flexibility index (Phi) is 6.74. The van der Waals surface area contributed by atoms with E-state index >= 15 is 0 Å². The Morgan fingerprint density at radius 3 is 2.50 bits per heavy atom. The topological polar surface area (TPSA) is 55.4 Å². The number of carbonyl (C=O) groups is 1. The minimum Gasteiger partial charge on any atom is -0.465 e. The Labute approximate surface area is 87.9 Å². The van der Waals surface area contributed by atoms with E-state index in [-0.39, 0.29) is 17.3 Å². The van der Waals surface area contributed by atoms with Crippen molar-refractivity contribution in [3.63, 3.8) is 0 Å². The van der Waals surface area contributed by atoms with Crippen LogP contribution >= 0.6 is 0 Å². The van der Waals surface area contributed by atoms with Gasteiger partial charge in [0.15, 0.2) is 0 Å². The van der Waals surface area contributed by atoms with Gasteiger partial charge >= 0.3 is 5.97 Å². The fraction of sp³-hybridized carbons (Fsp3) is 0.889. The number of ether oxygens (including phenoxy) is 1. The van der Waals surface area contributed by atoms with Crippen LogP contribution < -0.4 is 5.32 Å². The third-order valence-corrected chi connectivity index (χ3v) is 3.22. The van der Waals surface area contributed by atoms with Crippen LogP contribution in [0.4, 0.5) is 0 Å². The van der Waals surface area contributed by atoms with Gasteiger partial charge in [0.1, 0.15) is 6.04 Å². The van der Waals surface area contributed by atoms with Gasteiger partial charge in [0, 0.05) is 28.9 Å². The first-order valence-corrected chi connectivity index (χ1v) is 6.33. The highest BCUT2D eigenvalue weighted by molar-refractivity contribution is 7.84. The molecule has 0 aliphatic heterocycles. The molecule has 0 aromatic rings. The summed E-state index contributed by atoms with van der Waals surface area (Å²) in [4.78, 5) is 11.2. The molecule has 0 aliphatic rings. The lowest BCUT2D eigenvalue weighted by molar-refractivity contribution is -0.145. The second kappa shape index (κ2) is 6.95. The predicted octanol–water partition coefficient (Wildman–Crippen LogP) is 0.295. The van der Waals surface area contributed by atoms with Gasteiger partial charge in [-0.05, 0) is 20.8 Å². The van der Waals surface area contributed by atoms with Gasteiger partial charge in [-0.3, -0.25) is 9.00 Å².